The molecule has 47 heavy (non-hydrogen) atoms. The van der Waals surface area contributed by atoms with Gasteiger partial charge in [0.1, 0.15) is 5.60 Å². The van der Waals surface area contributed by atoms with Crippen LogP contribution in [0.5, 0.6) is 0 Å². The minimum Gasteiger partial charge on any atom is -0.444 e. The van der Waals surface area contributed by atoms with Crippen molar-refractivity contribution in [1.29, 1.82) is 0 Å². The topological polar surface area (TPSA) is 49.0 Å². The molecule has 4 rings (SSSR count). The predicted octanol–water partition coefficient (Wildman–Crippen LogP) is 5.89. The van der Waals surface area contributed by atoms with Gasteiger partial charge in [-0.2, -0.15) is 0 Å². The molecule has 4 saturated heterocycles. The van der Waals surface area contributed by atoms with Gasteiger partial charge in [0, 0.05) is 109 Å². The van der Waals surface area contributed by atoms with Crippen molar-refractivity contribution in [2.24, 2.45) is 0 Å². The molecule has 1 amide bonds. The van der Waals surface area contributed by atoms with E-state index in [1.807, 2.05) is 20.8 Å². The van der Waals surface area contributed by atoms with Gasteiger partial charge in [0.25, 0.3) is 0 Å². The lowest BCUT2D eigenvalue weighted by Crippen LogP contribution is -2.51. The van der Waals surface area contributed by atoms with Crippen molar-refractivity contribution in [2.45, 2.75) is 145 Å². The van der Waals surface area contributed by atoms with Crippen molar-refractivity contribution in [3.8, 4) is 0 Å². The van der Waals surface area contributed by atoms with Gasteiger partial charge >= 0.3 is 6.09 Å². The number of hydrogen-bond acceptors (Lipinski definition) is 8. The molecule has 0 radical (unpaired) electrons. The third kappa shape index (κ3) is 19.1. The highest BCUT2D eigenvalue weighted by atomic mass is 16.6. The van der Waals surface area contributed by atoms with Crippen LogP contribution in [0.4, 0.5) is 4.79 Å². The van der Waals surface area contributed by atoms with Crippen molar-refractivity contribution < 1.29 is 9.53 Å². The Bertz CT molecular complexity index is 768. The maximum absolute atomic E-state index is 11.8. The highest BCUT2D eigenvalue weighted by Crippen LogP contribution is 2.13. The fourth-order valence-corrected chi connectivity index (χ4v) is 6.29. The average Bonchev–Trinajstić information content (AvgIpc) is 3.02. The van der Waals surface area contributed by atoms with E-state index in [2.05, 4.69) is 106 Å². The van der Waals surface area contributed by atoms with Gasteiger partial charge in [0.2, 0.25) is 0 Å². The minimum atomic E-state index is -0.397. The Morgan fingerprint density at radius 2 is 0.723 bits per heavy atom. The summed E-state index contributed by atoms with van der Waals surface area (Å²) < 4.78 is 5.34. The molecule has 4 fully saturated rings. The number of carbonyl (C=O) groups excluding carboxylic acids is 1. The monoisotopic (exact) mass is 668 g/mol. The smallest absolute Gasteiger partial charge is 0.410 e. The second-order valence-electron chi connectivity index (χ2n) is 16.5. The van der Waals surface area contributed by atoms with Crippen molar-refractivity contribution in [3.05, 3.63) is 0 Å². The minimum absolute atomic E-state index is 0.184. The van der Waals surface area contributed by atoms with Crippen molar-refractivity contribution in [3.63, 3.8) is 0 Å². The van der Waals surface area contributed by atoms with E-state index in [0.29, 0.717) is 6.04 Å². The second kappa shape index (κ2) is 22.7. The van der Waals surface area contributed by atoms with Gasteiger partial charge in [-0.05, 0) is 123 Å². The Morgan fingerprint density at radius 1 is 0.447 bits per heavy atom. The molecule has 0 aliphatic carbocycles. The Kier molecular flexibility index (Phi) is 21.3. The van der Waals surface area contributed by atoms with E-state index in [9.17, 15) is 4.79 Å². The first kappa shape index (κ1) is 44.1. The van der Waals surface area contributed by atoms with E-state index in [1.165, 1.54) is 84.7 Å². The largest absolute Gasteiger partial charge is 0.444 e. The molecule has 0 unspecified atom stereocenters. The lowest BCUT2D eigenvalue weighted by atomic mass is 10.1. The van der Waals surface area contributed by atoms with Crippen LogP contribution in [-0.2, 0) is 4.74 Å². The fourth-order valence-electron chi connectivity index (χ4n) is 6.29. The molecule has 4 heterocycles. The molecular weight excluding hydrogens is 586 g/mol. The second-order valence-corrected chi connectivity index (χ2v) is 16.5. The predicted molar refractivity (Wildman–Crippen MR) is 203 cm³/mol. The first-order valence-corrected chi connectivity index (χ1v) is 19.3. The normalized spacial score (nSPS) is 21.7. The van der Waals surface area contributed by atoms with Crippen LogP contribution in [0.2, 0.25) is 0 Å². The molecular formula is C38H81N7O2. The van der Waals surface area contributed by atoms with E-state index in [1.54, 1.807) is 4.90 Å². The molecule has 0 bridgehead atoms. The Morgan fingerprint density at radius 3 is 1.00 bits per heavy atom. The number of piperidine rings is 1. The number of rotatable bonds is 5. The van der Waals surface area contributed by atoms with Gasteiger partial charge in [0.05, 0.1) is 0 Å². The van der Waals surface area contributed by atoms with Crippen LogP contribution in [0, 0.1) is 0 Å². The summed E-state index contributed by atoms with van der Waals surface area (Å²) in [4.78, 5) is 28.5. The van der Waals surface area contributed by atoms with Crippen LogP contribution in [0.25, 0.3) is 0 Å². The molecule has 0 spiro atoms. The Hall–Kier alpha value is -0.970. The molecule has 9 heteroatoms. The van der Waals surface area contributed by atoms with Gasteiger partial charge in [-0.3, -0.25) is 19.6 Å². The van der Waals surface area contributed by atoms with Gasteiger partial charge < -0.3 is 19.4 Å². The van der Waals surface area contributed by atoms with Crippen LogP contribution in [0.15, 0.2) is 0 Å². The number of ether oxygens (including phenoxy) is 1. The number of likely N-dealkylation sites (tertiary alicyclic amines) is 1. The molecule has 9 nitrogen and oxygen atoms in total. The van der Waals surface area contributed by atoms with E-state index < -0.39 is 5.60 Å². The first-order chi connectivity index (χ1) is 21.9. The molecule has 0 aromatic carbocycles. The third-order valence-electron chi connectivity index (χ3n) is 9.89. The van der Waals surface area contributed by atoms with E-state index >= 15 is 0 Å². The lowest BCUT2D eigenvalue weighted by molar-refractivity contribution is 0.0118. The van der Waals surface area contributed by atoms with Crippen LogP contribution in [-0.4, -0.2) is 175 Å². The molecule has 0 atom stereocenters. The summed E-state index contributed by atoms with van der Waals surface area (Å²) in [6, 6.07) is 3.50. The Labute approximate surface area is 293 Å². The first-order valence-electron chi connectivity index (χ1n) is 19.3. The van der Waals surface area contributed by atoms with Crippen LogP contribution in [0.3, 0.4) is 0 Å². The van der Waals surface area contributed by atoms with Crippen LogP contribution < -0.4 is 0 Å². The van der Waals surface area contributed by atoms with E-state index in [4.69, 9.17) is 4.74 Å². The summed E-state index contributed by atoms with van der Waals surface area (Å²) >= 11 is 0. The molecule has 0 aromatic heterocycles. The molecule has 0 aromatic rings. The van der Waals surface area contributed by atoms with Crippen LogP contribution in [0.1, 0.15) is 109 Å². The van der Waals surface area contributed by atoms with Crippen LogP contribution >= 0.6 is 0 Å². The highest BCUT2D eigenvalue weighted by Gasteiger charge is 2.26. The number of piperazine rings is 3. The van der Waals surface area contributed by atoms with Gasteiger partial charge in [-0.15, -0.1) is 0 Å². The maximum Gasteiger partial charge on any atom is 0.410 e. The van der Waals surface area contributed by atoms with Crippen molar-refractivity contribution in [2.75, 3.05) is 98.7 Å². The zero-order valence-corrected chi connectivity index (χ0v) is 33.9. The van der Waals surface area contributed by atoms with E-state index in [0.717, 1.165) is 50.3 Å². The van der Waals surface area contributed by atoms with Crippen molar-refractivity contribution in [1.82, 2.24) is 34.3 Å². The number of hydrogen-bond donors (Lipinski definition) is 0. The molecule has 4 aliphatic heterocycles. The summed E-state index contributed by atoms with van der Waals surface area (Å²) in [5.41, 5.74) is -0.397. The number of likely N-dealkylation sites (N-methyl/N-ethyl adjacent to an activating group) is 1. The summed E-state index contributed by atoms with van der Waals surface area (Å²) in [5.74, 6) is 0. The SMILES string of the molecule is CC(C)N1CCCCC1.CC(C)N1CCN(C(=O)OC(C)(C)C)CC1.CC(C)N1CCN(C(C)C)CC1.CC(C)N1CCN(C)CC1. The van der Waals surface area contributed by atoms with E-state index in [-0.39, 0.29) is 6.09 Å². The molecule has 0 N–H and O–H groups in total. The highest BCUT2D eigenvalue weighted by molar-refractivity contribution is 5.68. The quantitative estimate of drug-likeness (QED) is 0.360. The van der Waals surface area contributed by atoms with Gasteiger partial charge in [-0.25, -0.2) is 4.79 Å². The average molecular weight is 668 g/mol. The maximum atomic E-state index is 11.8. The number of amides is 1. The molecule has 4 aliphatic rings. The van der Waals surface area contributed by atoms with Crippen molar-refractivity contribution >= 4 is 6.09 Å². The molecule has 280 valence electrons. The summed E-state index contributed by atoms with van der Waals surface area (Å²) in [6.07, 6.45) is 4.09. The summed E-state index contributed by atoms with van der Waals surface area (Å²) in [7, 11) is 2.19. The third-order valence-corrected chi connectivity index (χ3v) is 9.89. The van der Waals surface area contributed by atoms with Gasteiger partial charge in [0.15, 0.2) is 0 Å². The molecule has 0 saturated carbocycles. The Balaban J connectivity index is 0.000000321. The number of carbonyl (C=O) groups is 1. The summed E-state index contributed by atoms with van der Waals surface area (Å²) in [5, 5.41) is 0. The number of nitrogens with zero attached hydrogens (tertiary/aromatic N) is 7. The standard InChI is InChI=1S/C12H24N2O2.C10H22N2.C8H18N2.C8H17N/c1-10(2)13-6-8-14(9-7-13)11(15)16-12(3,4)5;1-9(2)11-5-7-12(8-6-11)10(3)4;1-8(2)10-6-4-9(3)5-7-10;1-8(2)9-6-4-3-5-7-9/h10H,6-9H2,1-5H3;9-10H,5-8H2,1-4H3;8H,4-7H2,1-3H3;8H,3-7H2,1-2H3. The lowest BCUT2D eigenvalue weighted by Gasteiger charge is -2.38. The fraction of sp³-hybridized carbons (Fsp3) is 0.974. The zero-order valence-electron chi connectivity index (χ0n) is 33.9. The summed E-state index contributed by atoms with van der Waals surface area (Å²) in [6.45, 7) is 44.3. The zero-order chi connectivity index (χ0) is 35.7. The van der Waals surface area contributed by atoms with Gasteiger partial charge in [-0.1, -0.05) is 6.42 Å².